The Hall–Kier alpha value is -2.57. The lowest BCUT2D eigenvalue weighted by molar-refractivity contribution is -0.137. The van der Waals surface area contributed by atoms with Crippen molar-refractivity contribution in [3.05, 3.63) is 51.2 Å². The minimum absolute atomic E-state index is 0.0168. The molecular weight excluding hydrogens is 512 g/mol. The Morgan fingerprint density at radius 2 is 1.82 bits per heavy atom. The van der Waals surface area contributed by atoms with Crippen molar-refractivity contribution >= 4 is 40.4 Å². The molecule has 0 aliphatic heterocycles. The summed E-state index contributed by atoms with van der Waals surface area (Å²) < 4.78 is 50.8. The second kappa shape index (κ2) is 8.99. The molecule has 3 aromatic heterocycles. The average Bonchev–Trinajstić information content (AvgIpc) is 3.40. The van der Waals surface area contributed by atoms with Gasteiger partial charge in [-0.15, -0.1) is 0 Å². The van der Waals surface area contributed by atoms with Crippen LogP contribution >= 0.6 is 34.8 Å². The molecule has 1 unspecified atom stereocenters. The second-order valence-corrected chi connectivity index (χ2v) is 7.99. The maximum atomic E-state index is 13.0. The van der Waals surface area contributed by atoms with E-state index in [4.69, 9.17) is 49.2 Å². The molecule has 14 heteroatoms. The highest BCUT2D eigenvalue weighted by Crippen LogP contribution is 2.37. The van der Waals surface area contributed by atoms with Crippen LogP contribution in [0.3, 0.4) is 0 Å². The predicted octanol–water partition coefficient (Wildman–Crippen LogP) is 4.76. The molecule has 2 N–H and O–H groups in total. The van der Waals surface area contributed by atoms with Crippen LogP contribution in [0.5, 0.6) is 5.75 Å². The van der Waals surface area contributed by atoms with Gasteiger partial charge in [0.2, 0.25) is 5.82 Å². The van der Waals surface area contributed by atoms with E-state index in [1.807, 2.05) is 0 Å². The van der Waals surface area contributed by atoms with Crippen molar-refractivity contribution < 1.29 is 32.6 Å². The van der Waals surface area contributed by atoms with Crippen LogP contribution in [0, 0.1) is 0 Å². The number of fused-ring (bicyclic) bond motifs is 1. The van der Waals surface area contributed by atoms with E-state index >= 15 is 0 Å². The van der Waals surface area contributed by atoms with Gasteiger partial charge in [-0.25, -0.2) is 4.98 Å². The van der Waals surface area contributed by atoms with Crippen molar-refractivity contribution in [2.24, 2.45) is 0 Å². The van der Waals surface area contributed by atoms with Crippen molar-refractivity contribution in [2.75, 3.05) is 13.2 Å². The third-order valence-electron chi connectivity index (χ3n) is 4.38. The van der Waals surface area contributed by atoms with Gasteiger partial charge in [0.15, 0.2) is 5.65 Å². The standard InChI is InChI=1S/C19H12Cl3F3N4O4/c20-11-3-15(32-7-9(31)6-30)12(21)2-10(11)18-27-16(28-33-18)14-5-29-4-8(19(23,24)25)1-13(22)17(29)26-14/h1-5,9,30-31H,6-7H2. The van der Waals surface area contributed by atoms with Crippen LogP contribution < -0.4 is 4.74 Å². The SMILES string of the molecule is OCC(O)COc1cc(Cl)c(-c2nc(-c3cn4cc(C(F)(F)F)cc(Cl)c4n3)no2)cc1Cl. The fourth-order valence-corrected chi connectivity index (χ4v) is 3.51. The molecule has 3 heterocycles. The Balaban J connectivity index is 1.65. The normalized spacial score (nSPS) is 13.0. The van der Waals surface area contributed by atoms with Gasteiger partial charge in [0.05, 0.1) is 32.8 Å². The molecular formula is C19H12Cl3F3N4O4. The molecule has 0 fully saturated rings. The Morgan fingerprint density at radius 1 is 1.06 bits per heavy atom. The zero-order chi connectivity index (χ0) is 23.9. The molecule has 8 nitrogen and oxygen atoms in total. The summed E-state index contributed by atoms with van der Waals surface area (Å²) >= 11 is 18.4. The molecule has 0 aliphatic carbocycles. The number of hydrogen-bond acceptors (Lipinski definition) is 7. The first-order valence-electron chi connectivity index (χ1n) is 9.07. The number of halogens is 6. The summed E-state index contributed by atoms with van der Waals surface area (Å²) in [6.45, 7) is -0.691. The fourth-order valence-electron chi connectivity index (χ4n) is 2.80. The number of aliphatic hydroxyl groups excluding tert-OH is 2. The molecule has 0 aliphatic rings. The molecule has 1 aromatic carbocycles. The number of imidazole rings is 1. The predicted molar refractivity (Wildman–Crippen MR) is 113 cm³/mol. The highest BCUT2D eigenvalue weighted by Gasteiger charge is 2.32. The molecule has 1 atom stereocenters. The molecule has 0 bridgehead atoms. The first-order valence-corrected chi connectivity index (χ1v) is 10.2. The number of hydrogen-bond donors (Lipinski definition) is 2. The van der Waals surface area contributed by atoms with Crippen LogP contribution in [-0.4, -0.2) is 49.1 Å². The maximum Gasteiger partial charge on any atom is 0.417 e. The highest BCUT2D eigenvalue weighted by molar-refractivity contribution is 6.36. The zero-order valence-electron chi connectivity index (χ0n) is 16.1. The van der Waals surface area contributed by atoms with Gasteiger partial charge >= 0.3 is 6.18 Å². The molecule has 0 radical (unpaired) electrons. The Kier molecular flexibility index (Phi) is 6.43. The summed E-state index contributed by atoms with van der Waals surface area (Å²) in [5, 5.41) is 22.1. The Labute approximate surface area is 198 Å². The van der Waals surface area contributed by atoms with E-state index < -0.39 is 24.5 Å². The lowest BCUT2D eigenvalue weighted by atomic mass is 10.2. The van der Waals surface area contributed by atoms with E-state index in [0.29, 0.717) is 0 Å². The van der Waals surface area contributed by atoms with Crippen LogP contribution in [0.15, 0.2) is 35.1 Å². The van der Waals surface area contributed by atoms with E-state index in [2.05, 4.69) is 15.1 Å². The van der Waals surface area contributed by atoms with Gasteiger partial charge in [0, 0.05) is 18.5 Å². The number of benzene rings is 1. The van der Waals surface area contributed by atoms with Gasteiger partial charge in [-0.3, -0.25) is 0 Å². The number of rotatable bonds is 6. The summed E-state index contributed by atoms with van der Waals surface area (Å²) in [5.41, 5.74) is -0.477. The third kappa shape index (κ3) is 4.87. The van der Waals surface area contributed by atoms with Crippen LogP contribution in [0.4, 0.5) is 13.2 Å². The second-order valence-electron chi connectivity index (χ2n) is 6.76. The van der Waals surface area contributed by atoms with Crippen molar-refractivity contribution in [1.82, 2.24) is 19.5 Å². The largest absolute Gasteiger partial charge is 0.489 e. The minimum atomic E-state index is -4.58. The van der Waals surface area contributed by atoms with E-state index in [-0.39, 0.29) is 56.0 Å². The van der Waals surface area contributed by atoms with E-state index in [1.165, 1.54) is 18.3 Å². The van der Waals surface area contributed by atoms with Gasteiger partial charge in [-0.05, 0) is 12.1 Å². The number of pyridine rings is 1. The lowest BCUT2D eigenvalue weighted by Gasteiger charge is -2.12. The van der Waals surface area contributed by atoms with Crippen molar-refractivity contribution in [3.8, 4) is 28.7 Å². The Morgan fingerprint density at radius 3 is 2.52 bits per heavy atom. The Bertz CT molecular complexity index is 1330. The summed E-state index contributed by atoms with van der Waals surface area (Å²) in [5.74, 6) is 0.114. The van der Waals surface area contributed by atoms with E-state index in [0.717, 1.165) is 16.7 Å². The smallest absolute Gasteiger partial charge is 0.417 e. The monoisotopic (exact) mass is 522 g/mol. The van der Waals surface area contributed by atoms with Crippen LogP contribution in [0.25, 0.3) is 28.6 Å². The van der Waals surface area contributed by atoms with E-state index in [9.17, 15) is 18.3 Å². The first-order chi connectivity index (χ1) is 15.6. The molecule has 0 saturated heterocycles. The van der Waals surface area contributed by atoms with Gasteiger partial charge in [0.25, 0.3) is 5.89 Å². The fraction of sp³-hybridized carbons (Fsp3) is 0.211. The van der Waals surface area contributed by atoms with Gasteiger partial charge < -0.3 is 23.9 Å². The van der Waals surface area contributed by atoms with Crippen molar-refractivity contribution in [2.45, 2.75) is 12.3 Å². The summed E-state index contributed by atoms with van der Waals surface area (Å²) in [7, 11) is 0. The van der Waals surface area contributed by atoms with Crippen molar-refractivity contribution in [3.63, 3.8) is 0 Å². The number of aliphatic hydroxyl groups is 2. The summed E-state index contributed by atoms with van der Waals surface area (Å²) in [4.78, 5) is 8.36. The van der Waals surface area contributed by atoms with Crippen LogP contribution in [-0.2, 0) is 6.18 Å². The van der Waals surface area contributed by atoms with Gasteiger partial charge in [-0.2, -0.15) is 18.2 Å². The third-order valence-corrected chi connectivity index (χ3v) is 5.27. The topological polar surface area (TPSA) is 106 Å². The quantitative estimate of drug-likeness (QED) is 0.375. The van der Waals surface area contributed by atoms with Crippen LogP contribution in [0.1, 0.15) is 5.56 Å². The van der Waals surface area contributed by atoms with Crippen molar-refractivity contribution in [1.29, 1.82) is 0 Å². The number of nitrogens with zero attached hydrogens (tertiary/aromatic N) is 4. The molecule has 0 amide bonds. The molecule has 0 saturated carbocycles. The highest BCUT2D eigenvalue weighted by atomic mass is 35.5. The number of alkyl halides is 3. The average molecular weight is 524 g/mol. The summed E-state index contributed by atoms with van der Waals surface area (Å²) in [6, 6.07) is 3.55. The molecule has 33 heavy (non-hydrogen) atoms. The maximum absolute atomic E-state index is 13.0. The molecule has 174 valence electrons. The number of aromatic nitrogens is 4. The van der Waals surface area contributed by atoms with Gasteiger partial charge in [-0.1, -0.05) is 40.0 Å². The van der Waals surface area contributed by atoms with Gasteiger partial charge in [0.1, 0.15) is 24.2 Å². The molecule has 4 rings (SSSR count). The van der Waals surface area contributed by atoms with E-state index in [1.54, 1.807) is 0 Å². The first kappa shape index (κ1) is 23.6. The molecule has 4 aromatic rings. The zero-order valence-corrected chi connectivity index (χ0v) is 18.4. The van der Waals surface area contributed by atoms with Crippen LogP contribution in [0.2, 0.25) is 15.1 Å². The number of ether oxygens (including phenoxy) is 1. The molecule has 0 spiro atoms. The summed E-state index contributed by atoms with van der Waals surface area (Å²) in [6.07, 6.45) is -3.54. The lowest BCUT2D eigenvalue weighted by Crippen LogP contribution is -2.21. The minimum Gasteiger partial charge on any atom is -0.489 e.